The first kappa shape index (κ1) is 13.2. The number of hydrogen-bond donors (Lipinski definition) is 1. The van der Waals surface area contributed by atoms with E-state index in [1.165, 1.54) is 6.20 Å². The van der Waals surface area contributed by atoms with E-state index in [9.17, 15) is 4.79 Å². The van der Waals surface area contributed by atoms with Crippen molar-refractivity contribution in [2.24, 2.45) is 0 Å². The summed E-state index contributed by atoms with van der Waals surface area (Å²) < 4.78 is 1.64. The minimum Gasteiger partial charge on any atom is -0.306 e. The standard InChI is InChI=1S/C12H9Br2N3O/c1-7-2-9(13)6-16-11(7)17-12(18)8-3-10(14)5-15-4-8/h2-6H,1H3,(H,16,17,18). The van der Waals surface area contributed by atoms with Gasteiger partial charge in [0.2, 0.25) is 0 Å². The predicted octanol–water partition coefficient (Wildman–Crippen LogP) is 3.56. The van der Waals surface area contributed by atoms with E-state index in [4.69, 9.17) is 0 Å². The second-order valence-corrected chi connectivity index (χ2v) is 5.50. The molecule has 0 saturated heterocycles. The van der Waals surface area contributed by atoms with Crippen LogP contribution >= 0.6 is 31.9 Å². The number of rotatable bonds is 2. The topological polar surface area (TPSA) is 54.9 Å². The molecule has 2 aromatic heterocycles. The van der Waals surface area contributed by atoms with Crippen LogP contribution in [-0.4, -0.2) is 15.9 Å². The highest BCUT2D eigenvalue weighted by Gasteiger charge is 2.09. The lowest BCUT2D eigenvalue weighted by molar-refractivity contribution is 0.102. The van der Waals surface area contributed by atoms with Crippen LogP contribution in [0.4, 0.5) is 5.82 Å². The van der Waals surface area contributed by atoms with Crippen molar-refractivity contribution in [1.29, 1.82) is 0 Å². The number of hydrogen-bond acceptors (Lipinski definition) is 3. The van der Waals surface area contributed by atoms with Gasteiger partial charge >= 0.3 is 0 Å². The van der Waals surface area contributed by atoms with Gasteiger partial charge in [0.25, 0.3) is 5.91 Å². The van der Waals surface area contributed by atoms with Gasteiger partial charge in [-0.2, -0.15) is 0 Å². The molecule has 0 unspecified atom stereocenters. The molecule has 0 fully saturated rings. The minimum absolute atomic E-state index is 0.235. The Bertz CT molecular complexity index is 602. The summed E-state index contributed by atoms with van der Waals surface area (Å²) in [5, 5.41) is 2.75. The molecule has 2 rings (SSSR count). The van der Waals surface area contributed by atoms with E-state index in [2.05, 4.69) is 47.1 Å². The number of carbonyl (C=O) groups excluding carboxylic acids is 1. The average Bonchev–Trinajstić information content (AvgIpc) is 2.32. The van der Waals surface area contributed by atoms with Crippen molar-refractivity contribution in [3.05, 3.63) is 50.8 Å². The molecule has 18 heavy (non-hydrogen) atoms. The molecule has 0 saturated carbocycles. The predicted molar refractivity (Wildman–Crippen MR) is 76.6 cm³/mol. The van der Waals surface area contributed by atoms with E-state index in [0.29, 0.717) is 11.4 Å². The summed E-state index contributed by atoms with van der Waals surface area (Å²) in [6, 6.07) is 3.60. The molecular formula is C12H9Br2N3O. The number of nitrogens with zero attached hydrogens (tertiary/aromatic N) is 2. The van der Waals surface area contributed by atoms with Gasteiger partial charge in [0.15, 0.2) is 0 Å². The monoisotopic (exact) mass is 369 g/mol. The Balaban J connectivity index is 2.21. The molecule has 0 aliphatic carbocycles. The van der Waals surface area contributed by atoms with E-state index in [1.54, 1.807) is 18.5 Å². The van der Waals surface area contributed by atoms with E-state index >= 15 is 0 Å². The maximum Gasteiger partial charge on any atom is 0.258 e. The number of aryl methyl sites for hydroxylation is 1. The molecule has 6 heteroatoms. The fraction of sp³-hybridized carbons (Fsp3) is 0.0833. The van der Waals surface area contributed by atoms with Crippen LogP contribution in [0.15, 0.2) is 39.7 Å². The van der Waals surface area contributed by atoms with Gasteiger partial charge in [-0.15, -0.1) is 0 Å². The first-order chi connectivity index (χ1) is 8.56. The molecule has 0 aromatic carbocycles. The molecule has 2 aromatic rings. The second kappa shape index (κ2) is 5.58. The van der Waals surface area contributed by atoms with Crippen LogP contribution in [0, 0.1) is 6.92 Å². The number of amides is 1. The third-order valence-electron chi connectivity index (χ3n) is 2.24. The number of pyridine rings is 2. The molecule has 0 aliphatic rings. The Morgan fingerprint density at radius 1 is 1.17 bits per heavy atom. The van der Waals surface area contributed by atoms with Crippen molar-refractivity contribution in [3.63, 3.8) is 0 Å². The zero-order valence-electron chi connectivity index (χ0n) is 9.45. The molecule has 4 nitrogen and oxygen atoms in total. The van der Waals surface area contributed by atoms with Gasteiger partial charge in [-0.05, 0) is 56.5 Å². The van der Waals surface area contributed by atoms with E-state index in [1.807, 2.05) is 13.0 Å². The van der Waals surface area contributed by atoms with Crippen molar-refractivity contribution < 1.29 is 4.79 Å². The van der Waals surface area contributed by atoms with Gasteiger partial charge in [0, 0.05) is 27.5 Å². The normalized spacial score (nSPS) is 10.2. The molecule has 0 aliphatic heterocycles. The zero-order valence-corrected chi connectivity index (χ0v) is 12.6. The van der Waals surface area contributed by atoms with Crippen LogP contribution in [0.25, 0.3) is 0 Å². The maximum atomic E-state index is 12.0. The second-order valence-electron chi connectivity index (χ2n) is 3.66. The third kappa shape index (κ3) is 3.14. The van der Waals surface area contributed by atoms with Crippen LogP contribution in [0.1, 0.15) is 15.9 Å². The zero-order chi connectivity index (χ0) is 13.1. The van der Waals surface area contributed by atoms with Gasteiger partial charge < -0.3 is 5.32 Å². The number of nitrogens with one attached hydrogen (secondary N) is 1. The molecular weight excluding hydrogens is 362 g/mol. The van der Waals surface area contributed by atoms with Gasteiger partial charge in [-0.3, -0.25) is 9.78 Å². The smallest absolute Gasteiger partial charge is 0.258 e. The van der Waals surface area contributed by atoms with Crippen LogP contribution < -0.4 is 5.32 Å². The Hall–Kier alpha value is -1.27. The molecule has 0 atom stereocenters. The minimum atomic E-state index is -0.235. The van der Waals surface area contributed by atoms with Crippen LogP contribution in [0.5, 0.6) is 0 Å². The summed E-state index contributed by atoms with van der Waals surface area (Å²) in [4.78, 5) is 20.1. The molecule has 1 amide bonds. The van der Waals surface area contributed by atoms with Gasteiger partial charge in [-0.1, -0.05) is 0 Å². The lowest BCUT2D eigenvalue weighted by Crippen LogP contribution is -2.14. The Morgan fingerprint density at radius 3 is 2.56 bits per heavy atom. The quantitative estimate of drug-likeness (QED) is 0.879. The largest absolute Gasteiger partial charge is 0.306 e. The van der Waals surface area contributed by atoms with Crippen LogP contribution in [0.3, 0.4) is 0 Å². The molecule has 2 heterocycles. The summed E-state index contributed by atoms with van der Waals surface area (Å²) >= 11 is 6.60. The van der Waals surface area contributed by atoms with E-state index < -0.39 is 0 Å². The SMILES string of the molecule is Cc1cc(Br)cnc1NC(=O)c1cncc(Br)c1. The van der Waals surface area contributed by atoms with Crippen molar-refractivity contribution in [2.75, 3.05) is 5.32 Å². The van der Waals surface area contributed by atoms with Crippen molar-refractivity contribution >= 4 is 43.6 Å². The Morgan fingerprint density at radius 2 is 1.89 bits per heavy atom. The van der Waals surface area contributed by atoms with E-state index in [0.717, 1.165) is 14.5 Å². The first-order valence-electron chi connectivity index (χ1n) is 5.10. The average molecular weight is 371 g/mol. The summed E-state index contributed by atoms with van der Waals surface area (Å²) in [7, 11) is 0. The summed E-state index contributed by atoms with van der Waals surface area (Å²) in [6.07, 6.45) is 4.77. The van der Waals surface area contributed by atoms with Gasteiger partial charge in [-0.25, -0.2) is 4.98 Å². The van der Waals surface area contributed by atoms with Gasteiger partial charge in [0.05, 0.1) is 5.56 Å². The van der Waals surface area contributed by atoms with Crippen molar-refractivity contribution in [3.8, 4) is 0 Å². The molecule has 0 bridgehead atoms. The Labute approximate surface area is 121 Å². The number of aromatic nitrogens is 2. The lowest BCUT2D eigenvalue weighted by atomic mass is 10.2. The summed E-state index contributed by atoms with van der Waals surface area (Å²) in [5.41, 5.74) is 1.37. The molecule has 92 valence electrons. The third-order valence-corrected chi connectivity index (χ3v) is 3.11. The first-order valence-corrected chi connectivity index (χ1v) is 6.69. The van der Waals surface area contributed by atoms with Crippen LogP contribution in [0.2, 0.25) is 0 Å². The van der Waals surface area contributed by atoms with Crippen molar-refractivity contribution in [1.82, 2.24) is 9.97 Å². The van der Waals surface area contributed by atoms with E-state index in [-0.39, 0.29) is 5.91 Å². The number of carbonyl (C=O) groups is 1. The molecule has 0 radical (unpaired) electrons. The maximum absolute atomic E-state index is 12.0. The number of anilines is 1. The lowest BCUT2D eigenvalue weighted by Gasteiger charge is -2.07. The highest BCUT2D eigenvalue weighted by Crippen LogP contribution is 2.18. The Kier molecular flexibility index (Phi) is 4.08. The van der Waals surface area contributed by atoms with Crippen LogP contribution in [-0.2, 0) is 0 Å². The molecule has 0 spiro atoms. The highest BCUT2D eigenvalue weighted by atomic mass is 79.9. The summed E-state index contributed by atoms with van der Waals surface area (Å²) in [6.45, 7) is 1.88. The van der Waals surface area contributed by atoms with Crippen molar-refractivity contribution in [2.45, 2.75) is 6.92 Å². The fourth-order valence-electron chi connectivity index (χ4n) is 1.39. The summed E-state index contributed by atoms with van der Waals surface area (Å²) in [5.74, 6) is 0.310. The highest BCUT2D eigenvalue weighted by molar-refractivity contribution is 9.10. The molecule has 1 N–H and O–H groups in total. The van der Waals surface area contributed by atoms with Gasteiger partial charge in [0.1, 0.15) is 5.82 Å². The fourth-order valence-corrected chi connectivity index (χ4v) is 2.20. The number of halogens is 2.